The predicted molar refractivity (Wildman–Crippen MR) is 110 cm³/mol. The highest BCUT2D eigenvalue weighted by atomic mass is 35.5. The lowest BCUT2D eigenvalue weighted by atomic mass is 10.2. The zero-order valence-electron chi connectivity index (χ0n) is 14.3. The Bertz CT molecular complexity index is 1270. The molecule has 28 heavy (non-hydrogen) atoms. The van der Waals surface area contributed by atoms with Gasteiger partial charge in [0.05, 0.1) is 12.8 Å². The number of nitrogens with zero attached hydrogens (tertiary/aromatic N) is 3. The molecule has 4 rings (SSSR count). The van der Waals surface area contributed by atoms with Crippen LogP contribution in [0.2, 0.25) is 10.0 Å². The molecule has 11 heteroatoms. The van der Waals surface area contributed by atoms with Crippen molar-refractivity contribution in [3.8, 4) is 17.0 Å². The first-order valence-electron chi connectivity index (χ1n) is 7.84. The van der Waals surface area contributed by atoms with E-state index in [4.69, 9.17) is 27.9 Å². The zero-order valence-corrected chi connectivity index (χ0v) is 17.4. The summed E-state index contributed by atoms with van der Waals surface area (Å²) in [6.45, 7) is 0. The van der Waals surface area contributed by atoms with Gasteiger partial charge in [0.25, 0.3) is 16.0 Å². The first kappa shape index (κ1) is 19.0. The molecule has 0 saturated heterocycles. The maximum atomic E-state index is 12.8. The first-order chi connectivity index (χ1) is 13.4. The lowest BCUT2D eigenvalue weighted by molar-refractivity contribution is 0.403. The van der Waals surface area contributed by atoms with E-state index in [9.17, 15) is 8.42 Å². The average molecular weight is 455 g/mol. The Hall–Kier alpha value is -2.33. The lowest BCUT2D eigenvalue weighted by Crippen LogP contribution is -2.15. The number of ether oxygens (including phenoxy) is 1. The number of hydrogen-bond donors (Lipinski definition) is 1. The fourth-order valence-corrected chi connectivity index (χ4v) is 4.91. The SMILES string of the molecule is COc1ccc(Cl)cc1S(=O)(=O)Nc1nc2scc(-c3ccc(Cl)cc3)n2n1. The second-order valence-electron chi connectivity index (χ2n) is 5.66. The maximum Gasteiger partial charge on any atom is 0.268 e. The van der Waals surface area contributed by atoms with Crippen LogP contribution in [-0.4, -0.2) is 30.1 Å². The van der Waals surface area contributed by atoms with Crippen molar-refractivity contribution in [3.05, 3.63) is 57.9 Å². The van der Waals surface area contributed by atoms with Crippen LogP contribution in [-0.2, 0) is 10.0 Å². The molecule has 0 aliphatic carbocycles. The van der Waals surface area contributed by atoms with Gasteiger partial charge >= 0.3 is 0 Å². The van der Waals surface area contributed by atoms with Crippen LogP contribution in [0.15, 0.2) is 52.7 Å². The normalized spacial score (nSPS) is 11.7. The summed E-state index contributed by atoms with van der Waals surface area (Å²) in [5.41, 5.74) is 1.65. The van der Waals surface area contributed by atoms with Crippen molar-refractivity contribution < 1.29 is 13.2 Å². The molecule has 0 saturated carbocycles. The van der Waals surface area contributed by atoms with Gasteiger partial charge in [-0.3, -0.25) is 0 Å². The highest BCUT2D eigenvalue weighted by Crippen LogP contribution is 2.30. The smallest absolute Gasteiger partial charge is 0.268 e. The van der Waals surface area contributed by atoms with Gasteiger partial charge in [-0.25, -0.2) is 17.7 Å². The molecule has 144 valence electrons. The Kier molecular flexibility index (Phi) is 4.92. The molecule has 0 unspecified atom stereocenters. The molecule has 2 aromatic heterocycles. The van der Waals surface area contributed by atoms with Crippen LogP contribution in [0.25, 0.3) is 16.2 Å². The average Bonchev–Trinajstić information content (AvgIpc) is 3.22. The van der Waals surface area contributed by atoms with Gasteiger partial charge < -0.3 is 4.74 Å². The predicted octanol–water partition coefficient (Wildman–Crippen LogP) is 4.57. The number of nitrogens with one attached hydrogen (secondary N) is 1. The molecule has 0 atom stereocenters. The van der Waals surface area contributed by atoms with Crippen LogP contribution in [0.4, 0.5) is 5.95 Å². The van der Waals surface area contributed by atoms with Crippen LogP contribution in [0, 0.1) is 0 Å². The molecule has 2 heterocycles. The number of hydrogen-bond acceptors (Lipinski definition) is 6. The number of halogens is 2. The minimum absolute atomic E-state index is 0.0518. The van der Waals surface area contributed by atoms with Crippen molar-refractivity contribution in [2.24, 2.45) is 0 Å². The van der Waals surface area contributed by atoms with Crippen LogP contribution < -0.4 is 9.46 Å². The quantitative estimate of drug-likeness (QED) is 0.477. The largest absolute Gasteiger partial charge is 0.495 e. The van der Waals surface area contributed by atoms with Gasteiger partial charge in [-0.05, 0) is 30.3 Å². The number of benzene rings is 2. The molecule has 1 N–H and O–H groups in total. The third-order valence-electron chi connectivity index (χ3n) is 3.86. The minimum atomic E-state index is -4.00. The van der Waals surface area contributed by atoms with Crippen molar-refractivity contribution in [3.63, 3.8) is 0 Å². The minimum Gasteiger partial charge on any atom is -0.495 e. The summed E-state index contributed by atoms with van der Waals surface area (Å²) in [6, 6.07) is 11.6. The number of rotatable bonds is 5. The molecule has 0 bridgehead atoms. The van der Waals surface area contributed by atoms with Gasteiger partial charge in [0.1, 0.15) is 10.6 Å². The summed E-state index contributed by atoms with van der Waals surface area (Å²) in [6.07, 6.45) is 0. The molecule has 0 aliphatic rings. The Labute approximate surface area is 174 Å². The van der Waals surface area contributed by atoms with E-state index in [1.54, 1.807) is 22.7 Å². The topological polar surface area (TPSA) is 85.6 Å². The summed E-state index contributed by atoms with van der Waals surface area (Å²) >= 11 is 13.2. The maximum absolute atomic E-state index is 12.8. The zero-order chi connectivity index (χ0) is 19.9. The molecule has 4 aromatic rings. The van der Waals surface area contributed by atoms with E-state index in [1.807, 2.05) is 17.5 Å². The van der Waals surface area contributed by atoms with Gasteiger partial charge in [-0.15, -0.1) is 16.4 Å². The first-order valence-corrected chi connectivity index (χ1v) is 11.0. The highest BCUT2D eigenvalue weighted by molar-refractivity contribution is 7.92. The second kappa shape index (κ2) is 7.25. The van der Waals surface area contributed by atoms with Crippen LogP contribution in [0.3, 0.4) is 0 Å². The molecule has 0 fully saturated rings. The van der Waals surface area contributed by atoms with Gasteiger partial charge in [0.15, 0.2) is 0 Å². The van der Waals surface area contributed by atoms with Gasteiger partial charge in [-0.1, -0.05) is 35.3 Å². The molecule has 0 aliphatic heterocycles. The Balaban J connectivity index is 1.71. The number of aromatic nitrogens is 3. The van der Waals surface area contributed by atoms with E-state index in [-0.39, 0.29) is 21.6 Å². The third kappa shape index (κ3) is 3.53. The number of fused-ring (bicyclic) bond motifs is 1. The van der Waals surface area contributed by atoms with Gasteiger partial charge in [-0.2, -0.15) is 4.98 Å². The molecular formula is C17H12Cl2N4O3S2. The third-order valence-corrected chi connectivity index (χ3v) is 6.52. The fraction of sp³-hybridized carbons (Fsp3) is 0.0588. The molecule has 7 nitrogen and oxygen atoms in total. The van der Waals surface area contributed by atoms with Crippen molar-refractivity contribution in [2.45, 2.75) is 4.90 Å². The Morgan fingerprint density at radius 2 is 1.82 bits per heavy atom. The van der Waals surface area contributed by atoms with Crippen molar-refractivity contribution in [1.29, 1.82) is 0 Å². The van der Waals surface area contributed by atoms with Gasteiger partial charge in [0.2, 0.25) is 4.96 Å². The second-order valence-corrected chi connectivity index (χ2v) is 9.02. The summed E-state index contributed by atoms with van der Waals surface area (Å²) in [5.74, 6) is 0.115. The monoisotopic (exact) mass is 454 g/mol. The van der Waals surface area contributed by atoms with Crippen LogP contribution >= 0.6 is 34.5 Å². The summed E-state index contributed by atoms with van der Waals surface area (Å²) < 4.78 is 34.6. The number of anilines is 1. The summed E-state index contributed by atoms with van der Waals surface area (Å²) in [5, 5.41) is 7.06. The summed E-state index contributed by atoms with van der Waals surface area (Å²) in [7, 11) is -2.62. The van der Waals surface area contributed by atoms with Crippen molar-refractivity contribution >= 4 is 55.5 Å². The molecule has 0 amide bonds. The van der Waals surface area contributed by atoms with E-state index in [1.165, 1.54) is 30.6 Å². The van der Waals surface area contributed by atoms with Crippen LogP contribution in [0.5, 0.6) is 5.75 Å². The van der Waals surface area contributed by atoms with E-state index >= 15 is 0 Å². The Morgan fingerprint density at radius 1 is 1.11 bits per heavy atom. The van der Waals surface area contributed by atoms with E-state index in [0.29, 0.717) is 9.98 Å². The number of thiazole rings is 1. The molecule has 2 aromatic carbocycles. The Morgan fingerprint density at radius 3 is 2.54 bits per heavy atom. The van der Waals surface area contributed by atoms with E-state index < -0.39 is 10.0 Å². The standard InChI is InChI=1S/C17H12Cl2N4O3S2/c1-26-14-7-6-12(19)8-15(14)28(24,25)22-16-20-17-23(21-16)13(9-27-17)10-2-4-11(18)5-3-10/h2-9H,1H3,(H,21,22). The van der Waals surface area contributed by atoms with Crippen LogP contribution in [0.1, 0.15) is 0 Å². The molecule has 0 radical (unpaired) electrons. The number of methoxy groups -OCH3 is 1. The van der Waals surface area contributed by atoms with Gasteiger partial charge in [0, 0.05) is 21.0 Å². The molecular weight excluding hydrogens is 443 g/mol. The lowest BCUT2D eigenvalue weighted by Gasteiger charge is -2.09. The molecule has 0 spiro atoms. The fourth-order valence-electron chi connectivity index (χ4n) is 2.58. The number of sulfonamides is 1. The van der Waals surface area contributed by atoms with Crippen molar-refractivity contribution in [2.75, 3.05) is 11.8 Å². The van der Waals surface area contributed by atoms with E-state index in [2.05, 4.69) is 14.8 Å². The highest BCUT2D eigenvalue weighted by Gasteiger charge is 2.23. The van der Waals surface area contributed by atoms with E-state index in [0.717, 1.165) is 11.3 Å². The van der Waals surface area contributed by atoms with Crippen molar-refractivity contribution in [1.82, 2.24) is 14.6 Å². The summed E-state index contributed by atoms with van der Waals surface area (Å²) in [4.78, 5) is 4.69.